The second-order valence-corrected chi connectivity index (χ2v) is 8.87. The highest BCUT2D eigenvalue weighted by Gasteiger charge is 2.25. The van der Waals surface area contributed by atoms with Crippen LogP contribution in [0.2, 0.25) is 0 Å². The monoisotopic (exact) mass is 501 g/mol. The van der Waals surface area contributed by atoms with E-state index in [9.17, 15) is 14.7 Å². The molecule has 1 fully saturated rings. The van der Waals surface area contributed by atoms with Gasteiger partial charge in [0.05, 0.1) is 34.7 Å². The van der Waals surface area contributed by atoms with Gasteiger partial charge in [-0.2, -0.15) is 0 Å². The van der Waals surface area contributed by atoms with Crippen molar-refractivity contribution in [2.75, 3.05) is 51.4 Å². The average Bonchev–Trinajstić information content (AvgIpc) is 3.06. The highest BCUT2D eigenvalue weighted by Crippen LogP contribution is 2.44. The van der Waals surface area contributed by atoms with Crippen molar-refractivity contribution in [3.05, 3.63) is 21.5 Å². The number of amides is 1. The van der Waals surface area contributed by atoms with E-state index >= 15 is 0 Å². The number of rotatable bonds is 8. The maximum absolute atomic E-state index is 12.4. The van der Waals surface area contributed by atoms with Gasteiger partial charge in [-0.15, -0.1) is 11.3 Å². The minimum Gasteiger partial charge on any atom is -0.488 e. The standard InChI is InChI=1S/C20H25BrN2O6S/c1-3-28-20(26)19-16(22-12(2)24)14-4-5-15(21)17(18(14)30-19)29-11-13(25)10-23-6-8-27-9-7-23/h4-5,13,25H,3,6-11H2,1-2H3,(H,22,24)/p+1. The van der Waals surface area contributed by atoms with E-state index in [4.69, 9.17) is 14.2 Å². The van der Waals surface area contributed by atoms with Crippen molar-refractivity contribution < 1.29 is 33.8 Å². The van der Waals surface area contributed by atoms with E-state index in [1.807, 2.05) is 6.07 Å². The molecule has 1 atom stereocenters. The number of hydrogen-bond donors (Lipinski definition) is 3. The fourth-order valence-corrected chi connectivity index (χ4v) is 5.05. The lowest BCUT2D eigenvalue weighted by Crippen LogP contribution is -3.15. The third-order valence-electron chi connectivity index (χ3n) is 4.67. The molecule has 1 aromatic heterocycles. The zero-order valence-corrected chi connectivity index (χ0v) is 19.4. The van der Waals surface area contributed by atoms with Crippen LogP contribution in [0, 0.1) is 0 Å². The molecule has 8 nitrogen and oxygen atoms in total. The lowest BCUT2D eigenvalue weighted by Gasteiger charge is -2.25. The summed E-state index contributed by atoms with van der Waals surface area (Å²) in [4.78, 5) is 25.7. The van der Waals surface area contributed by atoms with Crippen molar-refractivity contribution in [2.24, 2.45) is 0 Å². The molecule has 0 aliphatic carbocycles. The quantitative estimate of drug-likeness (QED) is 0.473. The first-order chi connectivity index (χ1) is 14.4. The Morgan fingerprint density at radius 2 is 2.10 bits per heavy atom. The average molecular weight is 502 g/mol. The molecule has 0 saturated carbocycles. The molecule has 0 spiro atoms. The summed E-state index contributed by atoms with van der Waals surface area (Å²) in [5.74, 6) is -0.259. The van der Waals surface area contributed by atoms with Crippen molar-refractivity contribution >= 4 is 54.9 Å². The van der Waals surface area contributed by atoms with Crippen LogP contribution in [0.5, 0.6) is 5.75 Å². The van der Waals surface area contributed by atoms with Crippen LogP contribution < -0.4 is 15.0 Å². The molecule has 3 rings (SSSR count). The first-order valence-electron chi connectivity index (χ1n) is 9.82. The summed E-state index contributed by atoms with van der Waals surface area (Å²) < 4.78 is 17.9. The summed E-state index contributed by atoms with van der Waals surface area (Å²) in [7, 11) is 0. The molecule has 2 heterocycles. The van der Waals surface area contributed by atoms with Gasteiger partial charge in [-0.1, -0.05) is 6.07 Å². The molecule has 1 aliphatic heterocycles. The summed E-state index contributed by atoms with van der Waals surface area (Å²) in [6, 6.07) is 3.61. The highest BCUT2D eigenvalue weighted by molar-refractivity contribution is 9.10. The summed E-state index contributed by atoms with van der Waals surface area (Å²) in [5, 5.41) is 13.9. The van der Waals surface area contributed by atoms with Gasteiger partial charge in [-0.25, -0.2) is 4.79 Å². The number of fused-ring (bicyclic) bond motifs is 1. The second-order valence-electron chi connectivity index (χ2n) is 6.99. The zero-order chi connectivity index (χ0) is 21.7. The Bertz CT molecular complexity index is 912. The topological polar surface area (TPSA) is 98.5 Å². The predicted molar refractivity (Wildman–Crippen MR) is 118 cm³/mol. The van der Waals surface area contributed by atoms with Gasteiger partial charge in [0.15, 0.2) is 5.75 Å². The third-order valence-corrected chi connectivity index (χ3v) is 6.48. The van der Waals surface area contributed by atoms with E-state index < -0.39 is 12.1 Å². The smallest absolute Gasteiger partial charge is 0.350 e. The minimum atomic E-state index is -0.639. The van der Waals surface area contributed by atoms with Gasteiger partial charge in [0.25, 0.3) is 0 Å². The maximum Gasteiger partial charge on any atom is 0.350 e. The third kappa shape index (κ3) is 5.50. The number of morpholine rings is 1. The van der Waals surface area contributed by atoms with E-state index in [1.54, 1.807) is 13.0 Å². The Balaban J connectivity index is 1.85. The normalized spacial score (nSPS) is 15.7. The maximum atomic E-state index is 12.4. The fourth-order valence-electron chi connectivity index (χ4n) is 3.32. The van der Waals surface area contributed by atoms with Crippen LogP contribution in [0.4, 0.5) is 5.69 Å². The summed E-state index contributed by atoms with van der Waals surface area (Å²) >= 11 is 4.69. The first kappa shape index (κ1) is 23.0. The molecule has 1 unspecified atom stereocenters. The number of halogens is 1. The van der Waals surface area contributed by atoms with Crippen LogP contribution in [0.25, 0.3) is 10.1 Å². The van der Waals surface area contributed by atoms with E-state index in [-0.39, 0.29) is 19.1 Å². The second kappa shape index (κ2) is 10.5. The molecule has 1 aliphatic rings. The number of aliphatic hydroxyl groups is 1. The Morgan fingerprint density at radius 1 is 1.37 bits per heavy atom. The number of aliphatic hydroxyl groups excluding tert-OH is 1. The van der Waals surface area contributed by atoms with Crippen molar-refractivity contribution in [3.63, 3.8) is 0 Å². The van der Waals surface area contributed by atoms with Gasteiger partial charge in [-0.05, 0) is 28.9 Å². The van der Waals surface area contributed by atoms with Crippen molar-refractivity contribution in [2.45, 2.75) is 20.0 Å². The number of carbonyl (C=O) groups excluding carboxylic acids is 2. The van der Waals surface area contributed by atoms with E-state index in [2.05, 4.69) is 21.2 Å². The molecular weight excluding hydrogens is 476 g/mol. The van der Waals surface area contributed by atoms with Gasteiger partial charge < -0.3 is 29.5 Å². The molecule has 3 N–H and O–H groups in total. The molecule has 30 heavy (non-hydrogen) atoms. The molecule has 164 valence electrons. The van der Waals surface area contributed by atoms with Crippen LogP contribution >= 0.6 is 27.3 Å². The Hall–Kier alpha value is -1.72. The molecular formula is C20H26BrN2O6S+. The highest BCUT2D eigenvalue weighted by atomic mass is 79.9. The Kier molecular flexibility index (Phi) is 8.06. The Morgan fingerprint density at radius 3 is 2.77 bits per heavy atom. The Labute approximate surface area is 187 Å². The van der Waals surface area contributed by atoms with Gasteiger partial charge in [0.1, 0.15) is 37.2 Å². The van der Waals surface area contributed by atoms with Gasteiger partial charge in [0.2, 0.25) is 5.91 Å². The number of anilines is 1. The SMILES string of the molecule is CCOC(=O)c1sc2c(OCC(O)C[NH+]3CCOCC3)c(Br)ccc2c1NC(C)=O. The zero-order valence-electron chi connectivity index (χ0n) is 17.0. The molecule has 2 aromatic rings. The van der Waals surface area contributed by atoms with Crippen molar-refractivity contribution in [1.82, 2.24) is 0 Å². The predicted octanol–water partition coefficient (Wildman–Crippen LogP) is 1.45. The van der Waals surface area contributed by atoms with Crippen LogP contribution in [-0.4, -0.2) is 69.1 Å². The van der Waals surface area contributed by atoms with E-state index in [0.717, 1.165) is 13.1 Å². The number of ether oxygens (including phenoxy) is 3. The van der Waals surface area contributed by atoms with Gasteiger partial charge in [0, 0.05) is 12.3 Å². The number of carbonyl (C=O) groups is 2. The van der Waals surface area contributed by atoms with Crippen LogP contribution in [0.1, 0.15) is 23.5 Å². The van der Waals surface area contributed by atoms with E-state index in [1.165, 1.54) is 23.2 Å². The number of benzene rings is 1. The summed E-state index contributed by atoms with van der Waals surface area (Å²) in [5.41, 5.74) is 0.414. The molecule has 1 saturated heterocycles. The summed E-state index contributed by atoms with van der Waals surface area (Å²) in [6.45, 7) is 7.17. The number of nitrogens with one attached hydrogen (secondary N) is 2. The fraction of sp³-hybridized carbons (Fsp3) is 0.500. The molecule has 1 aromatic carbocycles. The van der Waals surface area contributed by atoms with E-state index in [0.29, 0.717) is 50.6 Å². The van der Waals surface area contributed by atoms with Crippen LogP contribution in [-0.2, 0) is 14.3 Å². The number of thiophene rings is 1. The lowest BCUT2D eigenvalue weighted by atomic mass is 10.2. The number of hydrogen-bond acceptors (Lipinski definition) is 7. The molecule has 1 amide bonds. The molecule has 0 bridgehead atoms. The largest absolute Gasteiger partial charge is 0.488 e. The number of quaternary nitrogens is 1. The van der Waals surface area contributed by atoms with Crippen LogP contribution in [0.15, 0.2) is 16.6 Å². The molecule has 0 radical (unpaired) electrons. The van der Waals surface area contributed by atoms with Gasteiger partial charge in [-0.3, -0.25) is 4.79 Å². The van der Waals surface area contributed by atoms with Crippen molar-refractivity contribution in [3.8, 4) is 5.75 Å². The first-order valence-corrected chi connectivity index (χ1v) is 11.4. The molecule has 10 heteroatoms. The lowest BCUT2D eigenvalue weighted by molar-refractivity contribution is -0.911. The van der Waals surface area contributed by atoms with Gasteiger partial charge >= 0.3 is 5.97 Å². The van der Waals surface area contributed by atoms with Crippen molar-refractivity contribution in [1.29, 1.82) is 0 Å². The number of esters is 1. The van der Waals surface area contributed by atoms with Crippen LogP contribution in [0.3, 0.4) is 0 Å². The summed E-state index contributed by atoms with van der Waals surface area (Å²) in [6.07, 6.45) is -0.639. The minimum absolute atomic E-state index is 0.115.